The monoisotopic (exact) mass is 243 g/mol. The first-order valence-corrected chi connectivity index (χ1v) is 6.44. The van der Waals surface area contributed by atoms with Gasteiger partial charge in [0, 0.05) is 30.4 Å². The van der Waals surface area contributed by atoms with Crippen LogP contribution in [0.5, 0.6) is 0 Å². The number of piperazine rings is 1. The van der Waals surface area contributed by atoms with Crippen molar-refractivity contribution in [2.24, 2.45) is 0 Å². The zero-order valence-electron chi connectivity index (χ0n) is 11.4. The average molecular weight is 243 g/mol. The number of nitriles is 1. The molecule has 1 aromatic carbocycles. The Morgan fingerprint density at radius 2 is 2.00 bits per heavy atom. The largest absolute Gasteiger partial charge is 0.368 e. The Bertz CT molecular complexity index is 433. The zero-order valence-corrected chi connectivity index (χ0v) is 11.4. The Morgan fingerprint density at radius 3 is 2.61 bits per heavy atom. The van der Waals surface area contributed by atoms with Gasteiger partial charge < -0.3 is 4.90 Å². The number of benzene rings is 1. The summed E-state index contributed by atoms with van der Waals surface area (Å²) in [6.07, 6.45) is 0.587. The van der Waals surface area contributed by atoms with Crippen LogP contribution in [0.25, 0.3) is 0 Å². The Balaban J connectivity index is 2.22. The standard InChI is InChI=1S/C15H21N3/c1-15(2)12-18(13-7-5-4-6-8-13)11-14(9-10-16)17(15)3/h4-8,14H,9,11-12H2,1-3H3. The summed E-state index contributed by atoms with van der Waals surface area (Å²) in [6.45, 7) is 6.41. The van der Waals surface area contributed by atoms with Crippen LogP contribution in [-0.4, -0.2) is 36.6 Å². The lowest BCUT2D eigenvalue weighted by Crippen LogP contribution is -2.62. The molecule has 96 valence electrons. The molecule has 0 amide bonds. The molecule has 1 aromatic rings. The number of hydrogen-bond donors (Lipinski definition) is 0. The predicted molar refractivity (Wildman–Crippen MR) is 74.5 cm³/mol. The van der Waals surface area contributed by atoms with Crippen molar-refractivity contribution in [3.05, 3.63) is 30.3 Å². The Kier molecular flexibility index (Phi) is 3.58. The minimum atomic E-state index is 0.0929. The van der Waals surface area contributed by atoms with Crippen LogP contribution >= 0.6 is 0 Å². The van der Waals surface area contributed by atoms with Crippen molar-refractivity contribution in [3.8, 4) is 6.07 Å². The van der Waals surface area contributed by atoms with E-state index < -0.39 is 0 Å². The van der Waals surface area contributed by atoms with Gasteiger partial charge in [-0.15, -0.1) is 0 Å². The van der Waals surface area contributed by atoms with E-state index in [1.54, 1.807) is 0 Å². The van der Waals surface area contributed by atoms with E-state index in [-0.39, 0.29) is 5.54 Å². The molecule has 1 aliphatic rings. The fourth-order valence-electron chi connectivity index (χ4n) is 2.66. The molecule has 0 N–H and O–H groups in total. The molecular formula is C15H21N3. The molecule has 0 bridgehead atoms. The first-order chi connectivity index (χ1) is 8.54. The lowest BCUT2D eigenvalue weighted by atomic mass is 9.94. The van der Waals surface area contributed by atoms with E-state index in [4.69, 9.17) is 5.26 Å². The topological polar surface area (TPSA) is 30.3 Å². The third-order valence-corrected chi connectivity index (χ3v) is 3.96. The van der Waals surface area contributed by atoms with Crippen LogP contribution in [-0.2, 0) is 0 Å². The van der Waals surface area contributed by atoms with E-state index in [1.165, 1.54) is 5.69 Å². The van der Waals surface area contributed by atoms with Gasteiger partial charge in [-0.3, -0.25) is 4.90 Å². The average Bonchev–Trinajstić information content (AvgIpc) is 2.36. The van der Waals surface area contributed by atoms with Crippen molar-refractivity contribution >= 4 is 5.69 Å². The first kappa shape index (κ1) is 12.9. The number of nitrogens with zero attached hydrogens (tertiary/aromatic N) is 3. The summed E-state index contributed by atoms with van der Waals surface area (Å²) in [7, 11) is 2.13. The summed E-state index contributed by atoms with van der Waals surface area (Å²) in [5, 5.41) is 8.97. The first-order valence-electron chi connectivity index (χ1n) is 6.44. The number of hydrogen-bond acceptors (Lipinski definition) is 3. The third kappa shape index (κ3) is 2.49. The Labute approximate surface area is 110 Å². The van der Waals surface area contributed by atoms with E-state index in [0.717, 1.165) is 13.1 Å². The van der Waals surface area contributed by atoms with Gasteiger partial charge >= 0.3 is 0 Å². The summed E-state index contributed by atoms with van der Waals surface area (Å²) < 4.78 is 0. The minimum Gasteiger partial charge on any atom is -0.368 e. The molecule has 1 saturated heterocycles. The van der Waals surface area contributed by atoms with Crippen molar-refractivity contribution in [2.45, 2.75) is 31.8 Å². The molecule has 1 fully saturated rings. The number of anilines is 1. The van der Waals surface area contributed by atoms with Crippen LogP contribution in [0.1, 0.15) is 20.3 Å². The molecule has 3 heteroatoms. The molecule has 0 radical (unpaired) electrons. The lowest BCUT2D eigenvalue weighted by molar-refractivity contribution is 0.0826. The molecule has 3 nitrogen and oxygen atoms in total. The van der Waals surface area contributed by atoms with Gasteiger partial charge in [-0.1, -0.05) is 18.2 Å². The highest BCUT2D eigenvalue weighted by Crippen LogP contribution is 2.28. The van der Waals surface area contributed by atoms with Crippen molar-refractivity contribution in [3.63, 3.8) is 0 Å². The lowest BCUT2D eigenvalue weighted by Gasteiger charge is -2.50. The predicted octanol–water partition coefficient (Wildman–Crippen LogP) is 2.50. The van der Waals surface area contributed by atoms with Crippen LogP contribution in [0.2, 0.25) is 0 Å². The van der Waals surface area contributed by atoms with E-state index in [1.807, 2.05) is 6.07 Å². The van der Waals surface area contributed by atoms with Crippen LogP contribution in [0, 0.1) is 11.3 Å². The molecule has 1 atom stereocenters. The maximum Gasteiger partial charge on any atom is 0.0638 e. The molecule has 2 rings (SSSR count). The van der Waals surface area contributed by atoms with Gasteiger partial charge in [-0.2, -0.15) is 5.26 Å². The van der Waals surface area contributed by atoms with Gasteiger partial charge in [0.2, 0.25) is 0 Å². The quantitative estimate of drug-likeness (QED) is 0.799. The molecule has 0 aromatic heterocycles. The van der Waals surface area contributed by atoms with Crippen molar-refractivity contribution in [1.29, 1.82) is 5.26 Å². The summed E-state index contributed by atoms with van der Waals surface area (Å²) >= 11 is 0. The molecule has 1 aliphatic heterocycles. The van der Waals surface area contributed by atoms with E-state index in [9.17, 15) is 0 Å². The third-order valence-electron chi connectivity index (χ3n) is 3.96. The van der Waals surface area contributed by atoms with E-state index >= 15 is 0 Å². The van der Waals surface area contributed by atoms with E-state index in [0.29, 0.717) is 12.5 Å². The number of para-hydroxylation sites is 1. The van der Waals surface area contributed by atoms with Gasteiger partial charge in [0.05, 0.1) is 12.5 Å². The van der Waals surface area contributed by atoms with Crippen LogP contribution in [0.3, 0.4) is 0 Å². The van der Waals surface area contributed by atoms with Crippen LogP contribution in [0.4, 0.5) is 5.69 Å². The smallest absolute Gasteiger partial charge is 0.0638 e. The highest BCUT2D eigenvalue weighted by molar-refractivity contribution is 5.47. The molecule has 1 unspecified atom stereocenters. The van der Waals surface area contributed by atoms with Gasteiger partial charge in [0.15, 0.2) is 0 Å². The molecule has 1 heterocycles. The van der Waals surface area contributed by atoms with Gasteiger partial charge in [0.25, 0.3) is 0 Å². The van der Waals surface area contributed by atoms with Gasteiger partial charge in [-0.25, -0.2) is 0 Å². The van der Waals surface area contributed by atoms with E-state index in [2.05, 4.69) is 61.0 Å². The van der Waals surface area contributed by atoms with Gasteiger partial charge in [-0.05, 0) is 33.0 Å². The SMILES string of the molecule is CN1C(CC#N)CN(c2ccccc2)CC1(C)C. The Morgan fingerprint density at radius 1 is 1.33 bits per heavy atom. The molecule has 0 spiro atoms. The zero-order chi connectivity index (χ0) is 13.2. The molecule has 0 saturated carbocycles. The second-order valence-corrected chi connectivity index (χ2v) is 5.66. The second kappa shape index (κ2) is 4.99. The van der Waals surface area contributed by atoms with Crippen LogP contribution in [0.15, 0.2) is 30.3 Å². The summed E-state index contributed by atoms with van der Waals surface area (Å²) in [4.78, 5) is 4.73. The maximum absolute atomic E-state index is 8.97. The van der Waals surface area contributed by atoms with Crippen molar-refractivity contribution in [2.75, 3.05) is 25.0 Å². The van der Waals surface area contributed by atoms with Crippen molar-refractivity contribution in [1.82, 2.24) is 4.90 Å². The highest BCUT2D eigenvalue weighted by Gasteiger charge is 2.37. The molecule has 18 heavy (non-hydrogen) atoms. The number of rotatable bonds is 2. The second-order valence-electron chi connectivity index (χ2n) is 5.66. The van der Waals surface area contributed by atoms with Gasteiger partial charge in [0.1, 0.15) is 0 Å². The Hall–Kier alpha value is -1.53. The number of likely N-dealkylation sites (N-methyl/N-ethyl adjacent to an activating group) is 1. The van der Waals surface area contributed by atoms with Crippen LogP contribution < -0.4 is 4.90 Å². The summed E-state index contributed by atoms with van der Waals surface area (Å²) in [5.41, 5.74) is 1.34. The summed E-state index contributed by atoms with van der Waals surface area (Å²) in [5.74, 6) is 0. The molecular weight excluding hydrogens is 222 g/mol. The summed E-state index contributed by atoms with van der Waals surface area (Å²) in [6, 6.07) is 13.1. The normalized spacial score (nSPS) is 23.7. The fourth-order valence-corrected chi connectivity index (χ4v) is 2.66. The highest BCUT2D eigenvalue weighted by atomic mass is 15.3. The fraction of sp³-hybridized carbons (Fsp3) is 0.533. The molecule has 0 aliphatic carbocycles. The minimum absolute atomic E-state index is 0.0929. The van der Waals surface area contributed by atoms with Crippen molar-refractivity contribution < 1.29 is 0 Å². The maximum atomic E-state index is 8.97.